The molecule has 186 valence electrons. The van der Waals surface area contributed by atoms with Gasteiger partial charge in [0.25, 0.3) is 0 Å². The van der Waals surface area contributed by atoms with Gasteiger partial charge in [-0.05, 0) is 42.0 Å². The van der Waals surface area contributed by atoms with Gasteiger partial charge in [-0.3, -0.25) is 9.67 Å². The number of aromatic nitrogens is 5. The summed E-state index contributed by atoms with van der Waals surface area (Å²) in [5.41, 5.74) is 3.59. The van der Waals surface area contributed by atoms with Crippen LogP contribution in [-0.4, -0.2) is 37.9 Å². The average molecular weight is 559 g/mol. The van der Waals surface area contributed by atoms with Crippen LogP contribution < -0.4 is 20.7 Å². The topological polar surface area (TPSA) is 119 Å². The molecule has 2 amide bonds. The Labute approximate surface area is 221 Å². The molecule has 0 bridgehead atoms. The standard InChI is InChI=1S/C26H23BrN8O2/c1-35-25-20(15-30-35)24(29-14-16-5-4-10-28-13-16)33-23(34-25)17-6-3-7-19(11-17)31-26(36)32-21-12-18(27)8-9-22(21)37-2/h3-13,15H,14H2,1-2H3,(H,29,33,34)(H2,31,32,36). The molecule has 5 aromatic rings. The fourth-order valence-electron chi connectivity index (χ4n) is 3.77. The fraction of sp³-hybridized carbons (Fsp3) is 0.115. The molecule has 0 aliphatic heterocycles. The van der Waals surface area contributed by atoms with E-state index >= 15 is 0 Å². The number of halogens is 1. The monoisotopic (exact) mass is 558 g/mol. The van der Waals surface area contributed by atoms with Gasteiger partial charge in [0.2, 0.25) is 0 Å². The van der Waals surface area contributed by atoms with Gasteiger partial charge in [-0.1, -0.05) is 34.1 Å². The lowest BCUT2D eigenvalue weighted by Crippen LogP contribution is -2.19. The maximum atomic E-state index is 12.7. The second kappa shape index (κ2) is 10.6. The molecule has 0 saturated heterocycles. The van der Waals surface area contributed by atoms with Crippen LogP contribution in [0.5, 0.6) is 5.75 Å². The van der Waals surface area contributed by atoms with Crippen molar-refractivity contribution in [3.8, 4) is 17.1 Å². The summed E-state index contributed by atoms with van der Waals surface area (Å²) in [5, 5.41) is 14.2. The van der Waals surface area contributed by atoms with Crippen LogP contribution in [0.15, 0.2) is 77.7 Å². The highest BCUT2D eigenvalue weighted by Gasteiger charge is 2.14. The number of anilines is 3. The zero-order chi connectivity index (χ0) is 25.8. The number of pyridine rings is 1. The van der Waals surface area contributed by atoms with Gasteiger partial charge in [0, 0.05) is 41.7 Å². The number of methoxy groups -OCH3 is 1. The summed E-state index contributed by atoms with van der Waals surface area (Å²) in [5.74, 6) is 1.72. The van der Waals surface area contributed by atoms with Gasteiger partial charge in [-0.25, -0.2) is 14.8 Å². The number of amides is 2. The van der Waals surface area contributed by atoms with Crippen LogP contribution in [0.4, 0.5) is 22.0 Å². The number of hydrogen-bond acceptors (Lipinski definition) is 7. The van der Waals surface area contributed by atoms with Crippen molar-refractivity contribution < 1.29 is 9.53 Å². The lowest BCUT2D eigenvalue weighted by Gasteiger charge is -2.12. The first kappa shape index (κ1) is 24.2. The molecule has 3 N–H and O–H groups in total. The Kier molecular flexibility index (Phi) is 6.95. The molecule has 0 aliphatic carbocycles. The third-order valence-electron chi connectivity index (χ3n) is 5.56. The lowest BCUT2D eigenvalue weighted by atomic mass is 10.2. The first-order chi connectivity index (χ1) is 18.0. The predicted molar refractivity (Wildman–Crippen MR) is 147 cm³/mol. The van der Waals surface area contributed by atoms with Crippen LogP contribution in [0, 0.1) is 0 Å². The van der Waals surface area contributed by atoms with Crippen molar-refractivity contribution in [1.29, 1.82) is 0 Å². The van der Waals surface area contributed by atoms with E-state index in [9.17, 15) is 4.79 Å². The molecule has 11 heteroatoms. The van der Waals surface area contributed by atoms with E-state index in [-0.39, 0.29) is 0 Å². The van der Waals surface area contributed by atoms with Gasteiger partial charge >= 0.3 is 6.03 Å². The number of hydrogen-bond donors (Lipinski definition) is 3. The second-order valence-electron chi connectivity index (χ2n) is 8.12. The summed E-state index contributed by atoms with van der Waals surface area (Å²) in [7, 11) is 3.39. The smallest absolute Gasteiger partial charge is 0.323 e. The predicted octanol–water partition coefficient (Wildman–Crippen LogP) is 5.45. The van der Waals surface area contributed by atoms with Crippen LogP contribution in [0.1, 0.15) is 5.56 Å². The van der Waals surface area contributed by atoms with E-state index in [0.717, 1.165) is 21.0 Å². The minimum Gasteiger partial charge on any atom is -0.495 e. The summed E-state index contributed by atoms with van der Waals surface area (Å²) in [6, 6.07) is 16.2. The maximum absolute atomic E-state index is 12.7. The SMILES string of the molecule is COc1ccc(Br)cc1NC(=O)Nc1cccc(-c2nc(NCc3cccnc3)c3cnn(C)c3n2)c1. The molecule has 37 heavy (non-hydrogen) atoms. The molecule has 0 unspecified atom stereocenters. The van der Waals surface area contributed by atoms with Gasteiger partial charge < -0.3 is 20.7 Å². The minimum atomic E-state index is -0.407. The molecular weight excluding hydrogens is 536 g/mol. The summed E-state index contributed by atoms with van der Waals surface area (Å²) < 4.78 is 7.86. The van der Waals surface area contributed by atoms with Gasteiger partial charge in [0.15, 0.2) is 11.5 Å². The molecule has 0 aliphatic rings. The van der Waals surface area contributed by atoms with E-state index in [1.54, 1.807) is 48.6 Å². The third kappa shape index (κ3) is 5.51. The van der Waals surface area contributed by atoms with Gasteiger partial charge in [0.05, 0.1) is 24.4 Å². The number of aryl methyl sites for hydroxylation is 1. The van der Waals surface area contributed by atoms with E-state index in [2.05, 4.69) is 42.0 Å². The van der Waals surface area contributed by atoms with E-state index in [0.29, 0.717) is 41.0 Å². The van der Waals surface area contributed by atoms with Crippen LogP contribution in [0.25, 0.3) is 22.4 Å². The molecule has 0 fully saturated rings. The Morgan fingerprint density at radius 2 is 1.95 bits per heavy atom. The number of carbonyl (C=O) groups is 1. The number of nitrogens with one attached hydrogen (secondary N) is 3. The Balaban J connectivity index is 1.40. The molecule has 10 nitrogen and oxygen atoms in total. The van der Waals surface area contributed by atoms with Crippen molar-refractivity contribution in [3.63, 3.8) is 0 Å². The summed E-state index contributed by atoms with van der Waals surface area (Å²) in [6.07, 6.45) is 5.28. The number of ether oxygens (including phenoxy) is 1. The van der Waals surface area contributed by atoms with Crippen molar-refractivity contribution in [1.82, 2.24) is 24.7 Å². The molecule has 0 atom stereocenters. The molecule has 5 rings (SSSR count). The van der Waals surface area contributed by atoms with Crippen LogP contribution in [0.2, 0.25) is 0 Å². The highest BCUT2D eigenvalue weighted by atomic mass is 79.9. The normalized spacial score (nSPS) is 10.8. The van der Waals surface area contributed by atoms with Crippen LogP contribution in [-0.2, 0) is 13.6 Å². The summed E-state index contributed by atoms with van der Waals surface area (Å²) in [4.78, 5) is 26.4. The molecule has 0 radical (unpaired) electrons. The van der Waals surface area contributed by atoms with Crippen molar-refractivity contribution in [2.75, 3.05) is 23.1 Å². The zero-order valence-electron chi connectivity index (χ0n) is 20.1. The lowest BCUT2D eigenvalue weighted by molar-refractivity contribution is 0.262. The van der Waals surface area contributed by atoms with Gasteiger partial charge in [0.1, 0.15) is 11.6 Å². The van der Waals surface area contributed by atoms with Crippen LogP contribution in [0.3, 0.4) is 0 Å². The zero-order valence-corrected chi connectivity index (χ0v) is 21.7. The van der Waals surface area contributed by atoms with Crippen molar-refractivity contribution >= 4 is 50.2 Å². The quantitative estimate of drug-likeness (QED) is 0.243. The van der Waals surface area contributed by atoms with Crippen molar-refractivity contribution in [3.05, 3.63) is 83.2 Å². The number of rotatable bonds is 7. The van der Waals surface area contributed by atoms with Crippen molar-refractivity contribution in [2.24, 2.45) is 7.05 Å². The van der Waals surface area contributed by atoms with Crippen LogP contribution >= 0.6 is 15.9 Å². The number of fused-ring (bicyclic) bond motifs is 1. The summed E-state index contributed by atoms with van der Waals surface area (Å²) >= 11 is 3.41. The number of benzene rings is 2. The Morgan fingerprint density at radius 1 is 1.05 bits per heavy atom. The van der Waals surface area contributed by atoms with E-state index in [4.69, 9.17) is 14.7 Å². The summed E-state index contributed by atoms with van der Waals surface area (Å²) in [6.45, 7) is 0.551. The van der Waals surface area contributed by atoms with Gasteiger partial charge in [-0.2, -0.15) is 5.10 Å². The second-order valence-corrected chi connectivity index (χ2v) is 9.04. The molecule has 2 aromatic carbocycles. The number of urea groups is 1. The van der Waals surface area contributed by atoms with Gasteiger partial charge in [-0.15, -0.1) is 0 Å². The maximum Gasteiger partial charge on any atom is 0.323 e. The molecule has 0 saturated carbocycles. The van der Waals surface area contributed by atoms with E-state index < -0.39 is 6.03 Å². The number of nitrogens with zero attached hydrogens (tertiary/aromatic N) is 5. The highest BCUT2D eigenvalue weighted by Crippen LogP contribution is 2.29. The molecule has 3 aromatic heterocycles. The van der Waals surface area contributed by atoms with Crippen molar-refractivity contribution in [2.45, 2.75) is 6.54 Å². The molecule has 0 spiro atoms. The Morgan fingerprint density at radius 3 is 2.76 bits per heavy atom. The Bertz CT molecular complexity index is 1570. The largest absolute Gasteiger partial charge is 0.495 e. The van der Waals surface area contributed by atoms with E-state index in [1.165, 1.54) is 0 Å². The molecule has 3 heterocycles. The average Bonchev–Trinajstić information content (AvgIpc) is 3.29. The minimum absolute atomic E-state index is 0.407. The Hall–Kier alpha value is -4.51. The highest BCUT2D eigenvalue weighted by molar-refractivity contribution is 9.10. The fourth-order valence-corrected chi connectivity index (χ4v) is 4.13. The molecular formula is C26H23BrN8O2. The van der Waals surface area contributed by atoms with E-state index in [1.807, 2.05) is 43.4 Å². The third-order valence-corrected chi connectivity index (χ3v) is 6.06. The first-order valence-electron chi connectivity index (χ1n) is 11.3. The first-order valence-corrected chi connectivity index (χ1v) is 12.1. The number of carbonyl (C=O) groups excluding carboxylic acids is 1.